The summed E-state index contributed by atoms with van der Waals surface area (Å²) in [6, 6.07) is 11.3. The van der Waals surface area contributed by atoms with Crippen molar-refractivity contribution in [3.05, 3.63) is 59.7 Å². The molecule has 0 heterocycles. The summed E-state index contributed by atoms with van der Waals surface area (Å²) in [5.74, 6) is -2.19. The number of nitrogens with one attached hydrogen (secondary N) is 2. The van der Waals surface area contributed by atoms with Crippen LogP contribution in [0.25, 0.3) is 0 Å². The lowest BCUT2D eigenvalue weighted by molar-refractivity contribution is -0.124. The first-order valence-electron chi connectivity index (χ1n) is 8.81. The minimum atomic E-state index is -1.05. The molecule has 0 bridgehead atoms. The minimum absolute atomic E-state index is 0.115. The first-order chi connectivity index (χ1) is 14.3. The second-order valence-corrected chi connectivity index (χ2v) is 5.94. The van der Waals surface area contributed by atoms with Gasteiger partial charge in [0.05, 0.1) is 11.1 Å². The van der Waals surface area contributed by atoms with Crippen LogP contribution in [0.4, 0.5) is 0 Å². The monoisotopic (exact) mass is 416 g/mol. The molecule has 2 amide bonds. The maximum absolute atomic E-state index is 11.7. The van der Waals surface area contributed by atoms with E-state index in [1.54, 1.807) is 0 Å². The highest BCUT2D eigenvalue weighted by molar-refractivity contribution is 5.88. The molecule has 0 radical (unpaired) electrons. The molecule has 0 fully saturated rings. The van der Waals surface area contributed by atoms with E-state index in [0.717, 1.165) is 0 Å². The van der Waals surface area contributed by atoms with E-state index in [2.05, 4.69) is 10.6 Å². The third kappa shape index (κ3) is 7.50. The number of carboxylic acid groups (broad SMARTS) is 2. The largest absolute Gasteiger partial charge is 0.484 e. The Morgan fingerprint density at radius 3 is 1.27 bits per heavy atom. The normalized spacial score (nSPS) is 10.0. The molecular weight excluding hydrogens is 396 g/mol. The molecular formula is C20H20N2O8. The van der Waals surface area contributed by atoms with E-state index >= 15 is 0 Å². The van der Waals surface area contributed by atoms with Gasteiger partial charge < -0.3 is 30.3 Å². The summed E-state index contributed by atoms with van der Waals surface area (Å²) in [6.07, 6.45) is 0. The molecule has 0 unspecified atom stereocenters. The van der Waals surface area contributed by atoms with Gasteiger partial charge in [-0.25, -0.2) is 9.59 Å². The molecule has 0 saturated carbocycles. The van der Waals surface area contributed by atoms with Crippen molar-refractivity contribution < 1.29 is 38.9 Å². The van der Waals surface area contributed by atoms with E-state index in [1.165, 1.54) is 48.5 Å². The molecule has 0 aliphatic heterocycles. The third-order valence-corrected chi connectivity index (χ3v) is 3.71. The van der Waals surface area contributed by atoms with Crippen LogP contribution in [0.2, 0.25) is 0 Å². The van der Waals surface area contributed by atoms with Crippen molar-refractivity contribution in [2.24, 2.45) is 0 Å². The van der Waals surface area contributed by atoms with E-state index in [0.29, 0.717) is 11.5 Å². The van der Waals surface area contributed by atoms with Crippen molar-refractivity contribution in [1.82, 2.24) is 10.6 Å². The number of rotatable bonds is 11. The van der Waals surface area contributed by atoms with Crippen LogP contribution in [0.3, 0.4) is 0 Å². The predicted octanol–water partition coefficient (Wildman–Crippen LogP) is 0.773. The topological polar surface area (TPSA) is 151 Å². The molecule has 10 nitrogen and oxygen atoms in total. The lowest BCUT2D eigenvalue weighted by Gasteiger charge is -2.09. The zero-order valence-electron chi connectivity index (χ0n) is 15.8. The number of carboxylic acids is 2. The first kappa shape index (κ1) is 22.2. The highest BCUT2D eigenvalue weighted by Gasteiger charge is 2.07. The molecule has 10 heteroatoms. The summed E-state index contributed by atoms with van der Waals surface area (Å²) in [5.41, 5.74) is 0.229. The zero-order chi connectivity index (χ0) is 21.9. The van der Waals surface area contributed by atoms with Gasteiger partial charge in [-0.1, -0.05) is 0 Å². The summed E-state index contributed by atoms with van der Waals surface area (Å²) in [7, 11) is 0. The fraction of sp³-hybridized carbons (Fsp3) is 0.200. The number of amides is 2. The predicted molar refractivity (Wildman–Crippen MR) is 104 cm³/mol. The molecule has 0 spiro atoms. The average Bonchev–Trinajstić information content (AvgIpc) is 2.74. The smallest absolute Gasteiger partial charge is 0.335 e. The van der Waals surface area contributed by atoms with Gasteiger partial charge in [-0.15, -0.1) is 0 Å². The third-order valence-electron chi connectivity index (χ3n) is 3.71. The standard InChI is InChI=1S/C20H20N2O8/c23-17(11-29-15-5-1-13(2-6-15)19(25)26)21-9-10-22-18(24)12-30-16-7-3-14(4-8-16)20(27)28/h1-8H,9-12H2,(H,21,23)(H,22,24)(H,25,26)(H,27,28). The minimum Gasteiger partial charge on any atom is -0.484 e. The number of hydrogen-bond acceptors (Lipinski definition) is 6. The highest BCUT2D eigenvalue weighted by Crippen LogP contribution is 2.12. The molecule has 2 aromatic carbocycles. The summed E-state index contributed by atoms with van der Waals surface area (Å²) in [5, 5.41) is 22.7. The lowest BCUT2D eigenvalue weighted by Crippen LogP contribution is -2.38. The molecule has 0 aromatic heterocycles. The van der Waals surface area contributed by atoms with Gasteiger partial charge >= 0.3 is 11.9 Å². The molecule has 30 heavy (non-hydrogen) atoms. The number of carbonyl (C=O) groups is 4. The Morgan fingerprint density at radius 2 is 0.967 bits per heavy atom. The molecule has 0 saturated heterocycles. The SMILES string of the molecule is O=C(COc1ccc(C(=O)O)cc1)NCCNC(=O)COc1ccc(C(=O)O)cc1. The summed E-state index contributed by atoms with van der Waals surface area (Å²) in [4.78, 5) is 44.9. The molecule has 0 aliphatic rings. The van der Waals surface area contributed by atoms with Crippen LogP contribution in [-0.4, -0.2) is 60.3 Å². The van der Waals surface area contributed by atoms with Crippen molar-refractivity contribution in [1.29, 1.82) is 0 Å². The average molecular weight is 416 g/mol. The van der Waals surface area contributed by atoms with Crippen LogP contribution < -0.4 is 20.1 Å². The Hall–Kier alpha value is -4.08. The summed E-state index contributed by atoms with van der Waals surface area (Å²) in [6.45, 7) is -0.149. The van der Waals surface area contributed by atoms with E-state index in [1.807, 2.05) is 0 Å². The maximum Gasteiger partial charge on any atom is 0.335 e. The van der Waals surface area contributed by atoms with E-state index in [4.69, 9.17) is 19.7 Å². The Balaban J connectivity index is 1.58. The van der Waals surface area contributed by atoms with Gasteiger partial charge in [0, 0.05) is 13.1 Å². The van der Waals surface area contributed by atoms with Crippen LogP contribution in [0.1, 0.15) is 20.7 Å². The fourth-order valence-corrected chi connectivity index (χ4v) is 2.19. The first-order valence-corrected chi connectivity index (χ1v) is 8.81. The zero-order valence-corrected chi connectivity index (χ0v) is 15.8. The maximum atomic E-state index is 11.7. The molecule has 2 rings (SSSR count). The highest BCUT2D eigenvalue weighted by atomic mass is 16.5. The molecule has 158 valence electrons. The van der Waals surface area contributed by atoms with Crippen molar-refractivity contribution in [2.45, 2.75) is 0 Å². The Morgan fingerprint density at radius 1 is 0.633 bits per heavy atom. The van der Waals surface area contributed by atoms with Crippen LogP contribution in [-0.2, 0) is 9.59 Å². The van der Waals surface area contributed by atoms with Gasteiger partial charge in [-0.05, 0) is 48.5 Å². The van der Waals surface area contributed by atoms with Gasteiger partial charge in [0.15, 0.2) is 13.2 Å². The van der Waals surface area contributed by atoms with Crippen LogP contribution in [0.15, 0.2) is 48.5 Å². The van der Waals surface area contributed by atoms with Gasteiger partial charge in [-0.2, -0.15) is 0 Å². The Kier molecular flexibility index (Phi) is 8.18. The van der Waals surface area contributed by atoms with Gasteiger partial charge in [0.25, 0.3) is 11.8 Å². The number of hydrogen-bond donors (Lipinski definition) is 4. The molecule has 2 aromatic rings. The fourth-order valence-electron chi connectivity index (χ4n) is 2.19. The number of benzene rings is 2. The Bertz CT molecular complexity index is 819. The second kappa shape index (κ2) is 11.1. The van der Waals surface area contributed by atoms with Crippen molar-refractivity contribution in [3.8, 4) is 11.5 Å². The number of carbonyl (C=O) groups excluding carboxylic acids is 2. The van der Waals surface area contributed by atoms with E-state index in [9.17, 15) is 19.2 Å². The lowest BCUT2D eigenvalue weighted by atomic mass is 10.2. The van der Waals surface area contributed by atoms with Crippen molar-refractivity contribution in [3.63, 3.8) is 0 Å². The molecule has 0 atom stereocenters. The van der Waals surface area contributed by atoms with Gasteiger partial charge in [0.2, 0.25) is 0 Å². The Labute approximate surface area is 171 Å². The van der Waals surface area contributed by atoms with Gasteiger partial charge in [0.1, 0.15) is 11.5 Å². The van der Waals surface area contributed by atoms with Crippen LogP contribution >= 0.6 is 0 Å². The van der Waals surface area contributed by atoms with E-state index in [-0.39, 0.29) is 37.4 Å². The number of aromatic carboxylic acids is 2. The summed E-state index contributed by atoms with van der Waals surface area (Å²) >= 11 is 0. The summed E-state index contributed by atoms with van der Waals surface area (Å²) < 4.78 is 10.5. The van der Waals surface area contributed by atoms with Gasteiger partial charge in [-0.3, -0.25) is 9.59 Å². The van der Waals surface area contributed by atoms with Crippen molar-refractivity contribution >= 4 is 23.8 Å². The van der Waals surface area contributed by atoms with E-state index < -0.39 is 23.8 Å². The second-order valence-electron chi connectivity index (χ2n) is 5.94. The molecule has 0 aliphatic carbocycles. The van der Waals surface area contributed by atoms with Crippen LogP contribution in [0, 0.1) is 0 Å². The quantitative estimate of drug-likeness (QED) is 0.392. The molecule has 4 N–H and O–H groups in total. The van der Waals surface area contributed by atoms with Crippen LogP contribution in [0.5, 0.6) is 11.5 Å². The van der Waals surface area contributed by atoms with Crippen molar-refractivity contribution in [2.75, 3.05) is 26.3 Å². The number of ether oxygens (including phenoxy) is 2.